The van der Waals surface area contributed by atoms with Gasteiger partial charge in [-0.3, -0.25) is 9.83 Å². The number of carbonyl (C=O) groups excluding carboxylic acids is 1. The van der Waals surface area contributed by atoms with Crippen LogP contribution < -0.4 is 10.2 Å². The van der Waals surface area contributed by atoms with Gasteiger partial charge in [0.2, 0.25) is 15.7 Å². The molecule has 0 saturated heterocycles. The van der Waals surface area contributed by atoms with Gasteiger partial charge in [0.05, 0.1) is 22.4 Å². The molecule has 0 saturated carbocycles. The van der Waals surface area contributed by atoms with Crippen LogP contribution in [0.3, 0.4) is 0 Å². The van der Waals surface area contributed by atoms with Crippen molar-refractivity contribution in [2.75, 3.05) is 31.6 Å². The van der Waals surface area contributed by atoms with E-state index in [9.17, 15) is 18.5 Å². The number of Topliss-reactive ketones (excluding diaryl/α,β-unsaturated/α-hetero) is 1. The van der Waals surface area contributed by atoms with Crippen LogP contribution in [0, 0.1) is 5.41 Å². The minimum atomic E-state index is -3.73. The molecule has 276 valence electrons. The van der Waals surface area contributed by atoms with Crippen LogP contribution in [0.15, 0.2) is 94.4 Å². The van der Waals surface area contributed by atoms with E-state index < -0.39 is 20.9 Å². The van der Waals surface area contributed by atoms with Gasteiger partial charge in [0.1, 0.15) is 12.3 Å². The fourth-order valence-corrected chi connectivity index (χ4v) is 8.51. The fourth-order valence-electron chi connectivity index (χ4n) is 6.88. The Bertz CT molecular complexity index is 1880. The second-order valence-electron chi connectivity index (χ2n) is 15.0. The predicted octanol–water partition coefficient (Wildman–Crippen LogP) is 7.70. The lowest BCUT2D eigenvalue weighted by Crippen LogP contribution is -2.29. The molecule has 0 radical (unpaired) electrons. The topological polar surface area (TPSA) is 102 Å². The second kappa shape index (κ2) is 16.1. The Morgan fingerprint density at radius 1 is 0.980 bits per heavy atom. The van der Waals surface area contributed by atoms with E-state index in [1.165, 1.54) is 10.0 Å². The van der Waals surface area contributed by atoms with Crippen LogP contribution in [0.4, 0.5) is 11.4 Å². The average Bonchev–Trinajstić information content (AvgIpc) is 3.43. The molecule has 0 aliphatic carbocycles. The van der Waals surface area contributed by atoms with E-state index in [0.717, 1.165) is 58.2 Å². The lowest BCUT2D eigenvalue weighted by Gasteiger charge is -2.25. The van der Waals surface area contributed by atoms with Crippen molar-refractivity contribution in [1.29, 1.82) is 0 Å². The van der Waals surface area contributed by atoms with Crippen molar-refractivity contribution >= 4 is 44.9 Å². The summed E-state index contributed by atoms with van der Waals surface area (Å²) < 4.78 is 35.3. The van der Waals surface area contributed by atoms with Gasteiger partial charge in [0.15, 0.2) is 5.71 Å². The van der Waals surface area contributed by atoms with Crippen LogP contribution in [-0.2, 0) is 35.0 Å². The lowest BCUT2D eigenvalue weighted by atomic mass is 9.81. The molecule has 0 spiro atoms. The van der Waals surface area contributed by atoms with Crippen LogP contribution in [0.25, 0.3) is 0 Å². The first-order chi connectivity index (χ1) is 23.9. The molecule has 0 bridgehead atoms. The van der Waals surface area contributed by atoms with Gasteiger partial charge in [0, 0.05) is 71.4 Å². The molecule has 0 aromatic heterocycles. The van der Waals surface area contributed by atoms with Gasteiger partial charge in [-0.2, -0.15) is 8.91 Å². The van der Waals surface area contributed by atoms with E-state index >= 15 is 0 Å². The fraction of sp³-hybridized carbons (Fsp3) is 0.450. The largest absolute Gasteiger partial charge is 0.691 e. The molecule has 2 aliphatic rings. The summed E-state index contributed by atoms with van der Waals surface area (Å²) in [4.78, 5) is 15.6. The number of allylic oxidation sites excluding steroid dienone is 8. The smallest absolute Gasteiger partial charge is 0.242 e. The van der Waals surface area contributed by atoms with Gasteiger partial charge < -0.3 is 10.2 Å². The van der Waals surface area contributed by atoms with Crippen LogP contribution in [0.1, 0.15) is 86.3 Å². The van der Waals surface area contributed by atoms with Crippen molar-refractivity contribution in [3.05, 3.63) is 95.8 Å². The number of fused-ring (bicyclic) bond motifs is 2. The van der Waals surface area contributed by atoms with Crippen LogP contribution in [0.2, 0.25) is 0 Å². The molecule has 0 fully saturated rings. The molecule has 2 aromatic rings. The summed E-state index contributed by atoms with van der Waals surface area (Å²) in [6.07, 6.45) is 15.1. The van der Waals surface area contributed by atoms with E-state index in [2.05, 4.69) is 72.5 Å². The molecule has 11 heteroatoms. The monoisotopic (exact) mass is 735 g/mol. The highest BCUT2D eigenvalue weighted by molar-refractivity contribution is 7.94. The molecule has 51 heavy (non-hydrogen) atoms. The maximum absolute atomic E-state index is 13.6. The Morgan fingerprint density at radius 2 is 1.67 bits per heavy atom. The number of anilines is 1. The number of hydrogen-bond acceptors (Lipinski definition) is 8. The van der Waals surface area contributed by atoms with Gasteiger partial charge >= 0.3 is 0 Å². The Kier molecular flexibility index (Phi) is 12.8. The highest BCUT2D eigenvalue weighted by Crippen LogP contribution is 2.48. The first-order valence-corrected chi connectivity index (χ1v) is 19.7. The summed E-state index contributed by atoms with van der Waals surface area (Å²) in [7, 11) is -2.14. The second-order valence-corrected chi connectivity index (χ2v) is 17.8. The zero-order chi connectivity index (χ0) is 37.8. The maximum Gasteiger partial charge on any atom is 0.242 e. The summed E-state index contributed by atoms with van der Waals surface area (Å²) in [6, 6.07) is 11.4. The normalized spacial score (nSPS) is 18.0. The Balaban J connectivity index is 1.48. The van der Waals surface area contributed by atoms with Gasteiger partial charge in [-0.1, -0.05) is 65.0 Å². The van der Waals surface area contributed by atoms with Crippen molar-refractivity contribution in [2.24, 2.45) is 5.41 Å². The van der Waals surface area contributed by atoms with Gasteiger partial charge in [-0.15, -0.1) is 0 Å². The van der Waals surface area contributed by atoms with Crippen molar-refractivity contribution in [3.63, 3.8) is 0 Å². The van der Waals surface area contributed by atoms with Crippen LogP contribution in [0.5, 0.6) is 0 Å². The third kappa shape index (κ3) is 8.50. The molecule has 0 N–H and O–H groups in total. The highest BCUT2D eigenvalue weighted by Gasteiger charge is 2.44. The molecule has 0 atom stereocenters. The van der Waals surface area contributed by atoms with Crippen LogP contribution >= 0.6 is 12.0 Å². The highest BCUT2D eigenvalue weighted by atomic mass is 32.2. The van der Waals surface area contributed by atoms with E-state index in [1.54, 1.807) is 13.1 Å². The zero-order valence-electron chi connectivity index (χ0n) is 31.6. The summed E-state index contributed by atoms with van der Waals surface area (Å²) >= 11 is 0.897. The number of rotatable bonds is 15. The number of nitrogens with zero attached hydrogens (tertiary/aromatic N) is 3. The third-order valence-corrected chi connectivity index (χ3v) is 12.3. The molecule has 2 aliphatic heterocycles. The minimum Gasteiger partial charge on any atom is -0.691 e. The Morgan fingerprint density at radius 3 is 2.31 bits per heavy atom. The molecule has 4 rings (SSSR count). The first-order valence-electron chi connectivity index (χ1n) is 17.5. The molecular formula is C40H53N3O6S2. The summed E-state index contributed by atoms with van der Waals surface area (Å²) in [6.45, 7) is 20.3. The van der Waals surface area contributed by atoms with Gasteiger partial charge in [-0.05, 0) is 76.1 Å². The van der Waals surface area contributed by atoms with Crippen molar-refractivity contribution in [3.8, 4) is 0 Å². The van der Waals surface area contributed by atoms with E-state index in [4.69, 9.17) is 0 Å². The van der Waals surface area contributed by atoms with E-state index in [1.807, 2.05) is 81.5 Å². The van der Waals surface area contributed by atoms with Crippen molar-refractivity contribution in [1.82, 2.24) is 4.31 Å². The molecule has 9 nitrogen and oxygen atoms in total. The maximum atomic E-state index is 13.6. The Labute approximate surface area is 309 Å². The molecule has 2 heterocycles. The predicted molar refractivity (Wildman–Crippen MR) is 204 cm³/mol. The summed E-state index contributed by atoms with van der Waals surface area (Å²) in [5.74, 6) is 0.130. The number of hydrogen-bond donors (Lipinski definition) is 0. The van der Waals surface area contributed by atoms with E-state index in [0.29, 0.717) is 12.8 Å². The SMILES string of the molecule is CCN1/C(=C/C=C/C=C/C=C/C2=[N+](CC)c3ccc(SOO[O-])cc3C2(C)C)C(C)(C)c2cc(S(=O)(=O)N(C)CCCC(=O)C(C)(C)C)ccc21. The lowest BCUT2D eigenvalue weighted by molar-refractivity contribution is -0.777. The van der Waals surface area contributed by atoms with Crippen molar-refractivity contribution < 1.29 is 32.4 Å². The molecule has 2 aromatic carbocycles. The average molecular weight is 736 g/mol. The minimum absolute atomic E-state index is 0.130. The molecule has 0 amide bonds. The van der Waals surface area contributed by atoms with Crippen molar-refractivity contribution in [2.45, 2.75) is 95.8 Å². The number of carbonyl (C=O) groups is 1. The number of ketones is 1. The Hall–Kier alpha value is -3.32. The van der Waals surface area contributed by atoms with Gasteiger partial charge in [-0.25, -0.2) is 12.7 Å². The number of benzene rings is 2. The third-order valence-electron chi connectivity index (χ3n) is 9.89. The summed E-state index contributed by atoms with van der Waals surface area (Å²) in [5, 5.41) is 13.8. The van der Waals surface area contributed by atoms with Gasteiger partial charge in [0.25, 0.3) is 0 Å². The quantitative estimate of drug-likeness (QED) is 0.0603. The standard InChI is InChI=1S/C40H53N3O6S2/c1-11-42-33-24-22-29(50-49-48-45)27-31(33)39(6,7)35(42)19-16-14-13-15-17-20-36-40(8,9)32-28-30(23-25-34(32)43(36)12-2)51(46,47)41(10)26-18-21-37(44)38(3,4)5/h13-17,19-20,22-25,27-28H,11-12,18,21,26H2,1-10H3. The van der Waals surface area contributed by atoms with Crippen LogP contribution in [-0.4, -0.2) is 55.5 Å². The summed E-state index contributed by atoms with van der Waals surface area (Å²) in [5.41, 5.74) is 5.42. The number of likely N-dealkylation sites (N-methyl/N-ethyl adjacent to an activating group) is 1. The zero-order valence-corrected chi connectivity index (χ0v) is 33.3. The van der Waals surface area contributed by atoms with E-state index in [-0.39, 0.29) is 22.6 Å². The number of sulfonamides is 1. The first kappa shape index (κ1) is 40.5. The molecule has 0 unspecified atom stereocenters. The molecular weight excluding hydrogens is 683 g/mol.